The first-order valence-corrected chi connectivity index (χ1v) is 9.75. The molecule has 0 bridgehead atoms. The summed E-state index contributed by atoms with van der Waals surface area (Å²) in [5, 5.41) is 0. The van der Waals surface area contributed by atoms with Crippen molar-refractivity contribution in [1.29, 1.82) is 0 Å². The fraction of sp³-hybridized carbons (Fsp3) is 0.682. The van der Waals surface area contributed by atoms with Gasteiger partial charge in [0, 0.05) is 12.0 Å². The molecule has 1 aromatic rings. The summed E-state index contributed by atoms with van der Waals surface area (Å²) in [7, 11) is 0. The number of aryl methyl sites for hydroxylation is 2. The van der Waals surface area contributed by atoms with Crippen LogP contribution in [0.2, 0.25) is 0 Å². The molecule has 23 heavy (non-hydrogen) atoms. The molecule has 0 radical (unpaired) electrons. The van der Waals surface area contributed by atoms with Gasteiger partial charge < -0.3 is 0 Å². The van der Waals surface area contributed by atoms with Crippen molar-refractivity contribution in [2.45, 2.75) is 97.8 Å². The molecule has 0 saturated carbocycles. The quantitative estimate of drug-likeness (QED) is 0.278. The Hall–Kier alpha value is -1.11. The maximum Gasteiger partial charge on any atom is 0.162 e. The maximum absolute atomic E-state index is 12.2. The first-order valence-electron chi connectivity index (χ1n) is 9.75. The van der Waals surface area contributed by atoms with Crippen LogP contribution < -0.4 is 0 Å². The molecule has 0 heterocycles. The van der Waals surface area contributed by atoms with E-state index in [4.69, 9.17) is 0 Å². The monoisotopic (exact) mass is 316 g/mol. The molecule has 0 aromatic heterocycles. The predicted molar refractivity (Wildman–Crippen MR) is 101 cm³/mol. The zero-order valence-electron chi connectivity index (χ0n) is 15.6. The Morgan fingerprint density at radius 2 is 1.13 bits per heavy atom. The largest absolute Gasteiger partial charge is 0.294 e. The topological polar surface area (TPSA) is 17.1 Å². The second-order valence-corrected chi connectivity index (χ2v) is 7.09. The van der Waals surface area contributed by atoms with Crippen molar-refractivity contribution in [1.82, 2.24) is 0 Å². The molecule has 0 N–H and O–H groups in total. The average molecular weight is 317 g/mol. The standard InChI is InChI=1S/C22H36O/c1-4-5-6-7-8-9-10-11-12-13-14-15-22(23)21-17-19(2)16-20(3)18-21/h16-18H,4-15H2,1-3H3. The van der Waals surface area contributed by atoms with E-state index in [1.54, 1.807) is 0 Å². The van der Waals surface area contributed by atoms with Crippen molar-refractivity contribution in [3.8, 4) is 0 Å². The van der Waals surface area contributed by atoms with Crippen LogP contribution in [-0.2, 0) is 0 Å². The number of hydrogen-bond donors (Lipinski definition) is 0. The van der Waals surface area contributed by atoms with Crippen LogP contribution >= 0.6 is 0 Å². The van der Waals surface area contributed by atoms with Gasteiger partial charge in [0.15, 0.2) is 5.78 Å². The van der Waals surface area contributed by atoms with Gasteiger partial charge in [-0.25, -0.2) is 0 Å². The van der Waals surface area contributed by atoms with Crippen LogP contribution in [0, 0.1) is 13.8 Å². The highest BCUT2D eigenvalue weighted by atomic mass is 16.1. The molecular weight excluding hydrogens is 280 g/mol. The van der Waals surface area contributed by atoms with Crippen LogP contribution in [0.3, 0.4) is 0 Å². The first kappa shape index (κ1) is 19.9. The second kappa shape index (κ2) is 12.3. The number of carbonyl (C=O) groups is 1. The van der Waals surface area contributed by atoms with Crippen molar-refractivity contribution < 1.29 is 4.79 Å². The van der Waals surface area contributed by atoms with Gasteiger partial charge in [-0.2, -0.15) is 0 Å². The van der Waals surface area contributed by atoms with Crippen molar-refractivity contribution in [3.05, 3.63) is 34.9 Å². The number of rotatable bonds is 13. The Labute approximate surface area is 143 Å². The van der Waals surface area contributed by atoms with Gasteiger partial charge in [-0.1, -0.05) is 88.3 Å². The van der Waals surface area contributed by atoms with Crippen LogP contribution in [0.4, 0.5) is 0 Å². The Morgan fingerprint density at radius 3 is 1.61 bits per heavy atom. The van der Waals surface area contributed by atoms with E-state index < -0.39 is 0 Å². The highest BCUT2D eigenvalue weighted by Crippen LogP contribution is 2.15. The highest BCUT2D eigenvalue weighted by molar-refractivity contribution is 5.96. The lowest BCUT2D eigenvalue weighted by molar-refractivity contribution is 0.0979. The smallest absolute Gasteiger partial charge is 0.162 e. The third-order valence-corrected chi connectivity index (χ3v) is 4.55. The van der Waals surface area contributed by atoms with Crippen molar-refractivity contribution in [2.24, 2.45) is 0 Å². The maximum atomic E-state index is 12.2. The molecular formula is C22H36O. The van der Waals surface area contributed by atoms with E-state index >= 15 is 0 Å². The lowest BCUT2D eigenvalue weighted by atomic mass is 10.00. The zero-order chi connectivity index (χ0) is 16.9. The number of hydrogen-bond acceptors (Lipinski definition) is 1. The third kappa shape index (κ3) is 9.58. The first-order chi connectivity index (χ1) is 11.1. The van der Waals surface area contributed by atoms with E-state index in [0.29, 0.717) is 12.2 Å². The van der Waals surface area contributed by atoms with Gasteiger partial charge in [-0.15, -0.1) is 0 Å². The van der Waals surface area contributed by atoms with Gasteiger partial charge in [0.2, 0.25) is 0 Å². The molecule has 1 rings (SSSR count). The predicted octanol–water partition coefficient (Wildman–Crippen LogP) is 7.19. The number of benzene rings is 1. The van der Waals surface area contributed by atoms with Gasteiger partial charge in [0.05, 0.1) is 0 Å². The fourth-order valence-electron chi connectivity index (χ4n) is 3.23. The molecule has 0 aliphatic carbocycles. The minimum Gasteiger partial charge on any atom is -0.294 e. The molecule has 0 unspecified atom stereocenters. The van der Waals surface area contributed by atoms with Crippen molar-refractivity contribution in [2.75, 3.05) is 0 Å². The summed E-state index contributed by atoms with van der Waals surface area (Å²) in [6.07, 6.45) is 15.3. The summed E-state index contributed by atoms with van der Waals surface area (Å²) < 4.78 is 0. The van der Waals surface area contributed by atoms with Gasteiger partial charge in [0.1, 0.15) is 0 Å². The zero-order valence-corrected chi connectivity index (χ0v) is 15.6. The Kier molecular flexibility index (Phi) is 10.7. The van der Waals surface area contributed by atoms with Crippen LogP contribution in [0.5, 0.6) is 0 Å². The highest BCUT2D eigenvalue weighted by Gasteiger charge is 2.06. The molecule has 130 valence electrons. The lowest BCUT2D eigenvalue weighted by Gasteiger charge is -2.05. The second-order valence-electron chi connectivity index (χ2n) is 7.09. The summed E-state index contributed by atoms with van der Waals surface area (Å²) in [5.41, 5.74) is 3.27. The summed E-state index contributed by atoms with van der Waals surface area (Å²) in [5.74, 6) is 0.313. The average Bonchev–Trinajstić information content (AvgIpc) is 2.51. The Balaban J connectivity index is 2.01. The molecule has 0 aliphatic rings. The number of unbranched alkanes of at least 4 members (excludes halogenated alkanes) is 10. The van der Waals surface area contributed by atoms with Crippen molar-refractivity contribution >= 4 is 5.78 Å². The molecule has 0 saturated heterocycles. The molecule has 0 amide bonds. The Morgan fingerprint density at radius 1 is 0.696 bits per heavy atom. The van der Waals surface area contributed by atoms with E-state index in [1.165, 1.54) is 75.3 Å². The van der Waals surface area contributed by atoms with Crippen LogP contribution in [-0.4, -0.2) is 5.78 Å². The summed E-state index contributed by atoms with van der Waals surface area (Å²) in [6.45, 7) is 6.39. The minimum atomic E-state index is 0.313. The molecule has 0 spiro atoms. The van der Waals surface area contributed by atoms with Crippen LogP contribution in [0.1, 0.15) is 105 Å². The molecule has 1 aromatic carbocycles. The molecule has 0 fully saturated rings. The number of carbonyl (C=O) groups excluding carboxylic acids is 1. The summed E-state index contributed by atoms with van der Waals surface area (Å²) in [6, 6.07) is 6.17. The lowest BCUT2D eigenvalue weighted by Crippen LogP contribution is -2.00. The normalized spacial score (nSPS) is 10.9. The molecule has 0 aliphatic heterocycles. The summed E-state index contributed by atoms with van der Waals surface area (Å²) in [4.78, 5) is 12.2. The summed E-state index contributed by atoms with van der Waals surface area (Å²) >= 11 is 0. The van der Waals surface area contributed by atoms with Crippen LogP contribution in [0.25, 0.3) is 0 Å². The third-order valence-electron chi connectivity index (χ3n) is 4.55. The minimum absolute atomic E-state index is 0.313. The fourth-order valence-corrected chi connectivity index (χ4v) is 3.23. The van der Waals surface area contributed by atoms with Gasteiger partial charge in [-0.3, -0.25) is 4.79 Å². The van der Waals surface area contributed by atoms with Crippen LogP contribution in [0.15, 0.2) is 18.2 Å². The van der Waals surface area contributed by atoms with Gasteiger partial charge >= 0.3 is 0 Å². The van der Waals surface area contributed by atoms with Gasteiger partial charge in [0.25, 0.3) is 0 Å². The SMILES string of the molecule is CCCCCCCCCCCCCC(=O)c1cc(C)cc(C)c1. The number of ketones is 1. The molecule has 1 nitrogen and oxygen atoms in total. The number of Topliss-reactive ketones (excluding diaryl/α,β-unsaturated/α-hetero) is 1. The van der Waals surface area contributed by atoms with E-state index in [2.05, 4.69) is 26.8 Å². The van der Waals surface area contributed by atoms with E-state index in [-0.39, 0.29) is 0 Å². The molecule has 0 atom stereocenters. The van der Waals surface area contributed by atoms with E-state index in [9.17, 15) is 4.79 Å². The van der Waals surface area contributed by atoms with E-state index in [0.717, 1.165) is 12.0 Å². The Bertz CT molecular complexity index is 427. The van der Waals surface area contributed by atoms with E-state index in [1.807, 2.05) is 12.1 Å². The van der Waals surface area contributed by atoms with Gasteiger partial charge in [-0.05, 0) is 32.4 Å². The molecule has 1 heteroatoms. The van der Waals surface area contributed by atoms with Crippen molar-refractivity contribution in [3.63, 3.8) is 0 Å².